The fourth-order valence-corrected chi connectivity index (χ4v) is 3.61. The van der Waals surface area contributed by atoms with Crippen LogP contribution in [0.3, 0.4) is 0 Å². The average Bonchev–Trinajstić information content (AvgIpc) is 2.97. The maximum atomic E-state index is 12.7. The molecule has 0 N–H and O–H groups in total. The van der Waals surface area contributed by atoms with Crippen LogP contribution < -0.4 is 4.74 Å². The first kappa shape index (κ1) is 21.1. The first-order chi connectivity index (χ1) is 13.9. The first-order valence-corrected chi connectivity index (χ1v) is 10.4. The highest BCUT2D eigenvalue weighted by Gasteiger charge is 2.36. The Morgan fingerprint density at radius 2 is 1.86 bits per heavy atom. The topological polar surface area (TPSA) is 63.7 Å². The van der Waals surface area contributed by atoms with Crippen molar-refractivity contribution in [2.75, 3.05) is 6.54 Å². The van der Waals surface area contributed by atoms with Gasteiger partial charge in [0, 0.05) is 16.1 Å². The van der Waals surface area contributed by atoms with E-state index in [-0.39, 0.29) is 23.3 Å². The Balaban J connectivity index is 1.78. The molecule has 3 rings (SSSR count). The first-order valence-electron chi connectivity index (χ1n) is 9.19. The summed E-state index contributed by atoms with van der Waals surface area (Å²) in [7, 11) is 0. The molecule has 0 bridgehead atoms. The van der Waals surface area contributed by atoms with Crippen LogP contribution in [0.2, 0.25) is 5.02 Å². The number of nitrogens with zero attached hydrogens (tertiary/aromatic N) is 1. The third-order valence-electron chi connectivity index (χ3n) is 4.45. The highest BCUT2D eigenvalue weighted by Crippen LogP contribution is 2.34. The average molecular weight is 430 g/mol. The third kappa shape index (κ3) is 5.08. The van der Waals surface area contributed by atoms with Gasteiger partial charge >= 0.3 is 0 Å². The molecule has 2 amide bonds. The van der Waals surface area contributed by atoms with Crippen LogP contribution >= 0.6 is 23.4 Å². The predicted octanol–water partition coefficient (Wildman–Crippen LogP) is 5.44. The largest absolute Gasteiger partial charge is 0.490 e. The van der Waals surface area contributed by atoms with Gasteiger partial charge in [-0.15, -0.1) is 0 Å². The van der Waals surface area contributed by atoms with Crippen LogP contribution in [0.5, 0.6) is 5.75 Å². The molecule has 29 heavy (non-hydrogen) atoms. The van der Waals surface area contributed by atoms with Crippen molar-refractivity contribution in [2.45, 2.75) is 26.4 Å². The Kier molecular flexibility index (Phi) is 6.77. The minimum absolute atomic E-state index is 0.0246. The van der Waals surface area contributed by atoms with Crippen molar-refractivity contribution < 1.29 is 19.1 Å². The summed E-state index contributed by atoms with van der Waals surface area (Å²) in [6, 6.07) is 13.7. The van der Waals surface area contributed by atoms with Gasteiger partial charge in [-0.2, -0.15) is 0 Å². The molecular formula is C22H20ClNO4S. The van der Waals surface area contributed by atoms with Gasteiger partial charge in [-0.3, -0.25) is 19.3 Å². The van der Waals surface area contributed by atoms with Gasteiger partial charge in [-0.1, -0.05) is 36.7 Å². The van der Waals surface area contributed by atoms with E-state index in [0.29, 0.717) is 21.9 Å². The van der Waals surface area contributed by atoms with Crippen molar-refractivity contribution in [3.63, 3.8) is 0 Å². The van der Waals surface area contributed by atoms with E-state index in [1.54, 1.807) is 30.3 Å². The molecule has 7 heteroatoms. The molecule has 0 radical (unpaired) electrons. The number of ketones is 1. The van der Waals surface area contributed by atoms with E-state index in [4.69, 9.17) is 16.3 Å². The number of hydrogen-bond acceptors (Lipinski definition) is 5. The summed E-state index contributed by atoms with van der Waals surface area (Å²) in [4.78, 5) is 38.7. The van der Waals surface area contributed by atoms with Crippen molar-refractivity contribution >= 4 is 46.4 Å². The molecule has 1 aliphatic rings. The maximum Gasteiger partial charge on any atom is 0.293 e. The van der Waals surface area contributed by atoms with Gasteiger partial charge in [0.25, 0.3) is 11.1 Å². The summed E-state index contributed by atoms with van der Waals surface area (Å²) in [5, 5.41) is 0.0396. The van der Waals surface area contributed by atoms with Crippen molar-refractivity contribution in [3.8, 4) is 5.75 Å². The number of ether oxygens (including phenoxy) is 1. The number of carbonyl (C=O) groups is 3. The second-order valence-electron chi connectivity index (χ2n) is 6.57. The molecule has 0 aromatic heterocycles. The quantitative estimate of drug-likeness (QED) is 0.433. The van der Waals surface area contributed by atoms with Crippen molar-refractivity contribution in [1.29, 1.82) is 0 Å². The number of para-hydroxylation sites is 1. The molecule has 2 aromatic rings. The molecule has 5 nitrogen and oxygen atoms in total. The Morgan fingerprint density at radius 1 is 1.17 bits per heavy atom. The number of imide groups is 1. The summed E-state index contributed by atoms with van der Waals surface area (Å²) in [6.07, 6.45) is 2.50. The zero-order valence-corrected chi connectivity index (χ0v) is 17.6. The minimum atomic E-state index is -0.486. The lowest BCUT2D eigenvalue weighted by atomic mass is 10.1. The Labute approximate surface area is 178 Å². The van der Waals surface area contributed by atoms with E-state index in [9.17, 15) is 14.4 Å². The Morgan fingerprint density at radius 3 is 2.55 bits per heavy atom. The number of carbonyl (C=O) groups excluding carboxylic acids is 3. The Hall–Kier alpha value is -2.57. The lowest BCUT2D eigenvalue weighted by Gasteiger charge is -2.15. The van der Waals surface area contributed by atoms with Crippen molar-refractivity contribution in [2.24, 2.45) is 0 Å². The molecule has 1 atom stereocenters. The normalized spacial score (nSPS) is 16.4. The summed E-state index contributed by atoms with van der Waals surface area (Å²) < 4.78 is 5.90. The van der Waals surface area contributed by atoms with Gasteiger partial charge in [0.15, 0.2) is 5.78 Å². The lowest BCUT2D eigenvalue weighted by molar-refractivity contribution is -0.122. The fourth-order valence-electron chi connectivity index (χ4n) is 2.66. The number of Topliss-reactive ketones (excluding diaryl/α,β-unsaturated/α-hetero) is 1. The molecule has 2 aromatic carbocycles. The Bertz CT molecular complexity index is 971. The summed E-state index contributed by atoms with van der Waals surface area (Å²) in [6.45, 7) is 3.68. The van der Waals surface area contributed by atoms with Crippen molar-refractivity contribution in [3.05, 3.63) is 69.6 Å². The SMILES string of the molecule is CC[C@@H](C)Oc1ccccc1/C=C1/SC(=O)N(CC(=O)c2ccc(Cl)cc2)C1=O. The van der Waals surface area contributed by atoms with Crippen molar-refractivity contribution in [1.82, 2.24) is 4.90 Å². The second kappa shape index (κ2) is 9.29. The number of thioether (sulfide) groups is 1. The highest BCUT2D eigenvalue weighted by molar-refractivity contribution is 8.18. The zero-order valence-electron chi connectivity index (χ0n) is 16.1. The lowest BCUT2D eigenvalue weighted by Crippen LogP contribution is -2.33. The minimum Gasteiger partial charge on any atom is -0.490 e. The number of rotatable bonds is 7. The number of hydrogen-bond donors (Lipinski definition) is 0. The van der Waals surface area contributed by atoms with Crippen LogP contribution in [0.1, 0.15) is 36.2 Å². The van der Waals surface area contributed by atoms with Gasteiger partial charge in [-0.25, -0.2) is 0 Å². The van der Waals surface area contributed by atoms with E-state index in [1.165, 1.54) is 0 Å². The van der Waals surface area contributed by atoms with E-state index < -0.39 is 11.1 Å². The fraction of sp³-hybridized carbons (Fsp3) is 0.227. The molecule has 1 heterocycles. The van der Waals surface area contributed by atoms with Crippen LogP contribution in [-0.4, -0.2) is 34.5 Å². The van der Waals surface area contributed by atoms with E-state index in [0.717, 1.165) is 23.1 Å². The van der Waals surface area contributed by atoms with Gasteiger partial charge in [0.2, 0.25) is 0 Å². The van der Waals surface area contributed by atoms with Gasteiger partial charge in [-0.05, 0) is 61.5 Å². The molecule has 1 fully saturated rings. The molecule has 150 valence electrons. The standard InChI is InChI=1S/C22H20ClNO4S/c1-3-14(2)28-19-7-5-4-6-16(19)12-20-21(26)24(22(27)29-20)13-18(25)15-8-10-17(23)11-9-15/h4-12,14H,3,13H2,1-2H3/b20-12+/t14-/m1/s1. The monoisotopic (exact) mass is 429 g/mol. The summed E-state index contributed by atoms with van der Waals surface area (Å²) in [5.41, 5.74) is 1.10. The van der Waals surface area contributed by atoms with Gasteiger partial charge < -0.3 is 4.74 Å². The molecule has 0 saturated carbocycles. The number of halogens is 1. The molecule has 0 aliphatic carbocycles. The van der Waals surface area contributed by atoms with E-state index in [1.807, 2.05) is 38.1 Å². The summed E-state index contributed by atoms with van der Waals surface area (Å²) in [5.74, 6) is -0.169. The second-order valence-corrected chi connectivity index (χ2v) is 8.00. The number of amides is 2. The maximum absolute atomic E-state index is 12.7. The molecule has 1 aliphatic heterocycles. The third-order valence-corrected chi connectivity index (χ3v) is 5.61. The van der Waals surface area contributed by atoms with Gasteiger partial charge in [0.05, 0.1) is 17.6 Å². The molecular weight excluding hydrogens is 410 g/mol. The smallest absolute Gasteiger partial charge is 0.293 e. The zero-order chi connectivity index (χ0) is 21.0. The molecule has 0 spiro atoms. The molecule has 1 saturated heterocycles. The molecule has 0 unspecified atom stereocenters. The van der Waals surface area contributed by atoms with Crippen LogP contribution in [0.25, 0.3) is 6.08 Å². The van der Waals surface area contributed by atoms with Crippen LogP contribution in [0.15, 0.2) is 53.4 Å². The van der Waals surface area contributed by atoms with E-state index >= 15 is 0 Å². The summed E-state index contributed by atoms with van der Waals surface area (Å²) >= 11 is 6.65. The highest BCUT2D eigenvalue weighted by atomic mass is 35.5. The number of benzene rings is 2. The van der Waals surface area contributed by atoms with Crippen LogP contribution in [0, 0.1) is 0 Å². The van der Waals surface area contributed by atoms with Gasteiger partial charge in [0.1, 0.15) is 5.75 Å². The van der Waals surface area contributed by atoms with Crippen LogP contribution in [-0.2, 0) is 4.79 Å². The van der Waals surface area contributed by atoms with Crippen LogP contribution in [0.4, 0.5) is 4.79 Å². The predicted molar refractivity (Wildman–Crippen MR) is 115 cm³/mol. The van der Waals surface area contributed by atoms with E-state index in [2.05, 4.69) is 0 Å².